The molecule has 31 heavy (non-hydrogen) atoms. The Morgan fingerprint density at radius 1 is 0.613 bits per heavy atom. The molecule has 6 rings (SSSR count). The first kappa shape index (κ1) is 17.7. The van der Waals surface area contributed by atoms with Gasteiger partial charge >= 0.3 is 0 Å². The Morgan fingerprint density at radius 3 is 1.97 bits per heavy atom. The molecule has 0 aliphatic heterocycles. The van der Waals surface area contributed by atoms with E-state index in [4.69, 9.17) is 4.42 Å². The molecule has 0 amide bonds. The summed E-state index contributed by atoms with van der Waals surface area (Å²) in [4.78, 5) is 27.3. The van der Waals surface area contributed by atoms with Crippen molar-refractivity contribution >= 4 is 39.2 Å². The highest BCUT2D eigenvalue weighted by atomic mass is 16.3. The van der Waals surface area contributed by atoms with Crippen LogP contribution in [0.15, 0.2) is 101 Å². The number of rotatable bonds is 3. The van der Waals surface area contributed by atoms with Crippen LogP contribution in [0.25, 0.3) is 21.9 Å². The number of furan rings is 1. The first-order chi connectivity index (χ1) is 15.2. The molecule has 0 bridgehead atoms. The van der Waals surface area contributed by atoms with Gasteiger partial charge in [0.15, 0.2) is 5.54 Å². The molecule has 0 radical (unpaired) electrons. The molecule has 0 saturated carbocycles. The van der Waals surface area contributed by atoms with Crippen LogP contribution >= 0.6 is 0 Å². The Morgan fingerprint density at radius 2 is 1.23 bits per heavy atom. The number of ketones is 2. The third-order valence-corrected chi connectivity index (χ3v) is 6.01. The average molecular weight is 403 g/mol. The van der Waals surface area contributed by atoms with Crippen LogP contribution in [0.4, 0.5) is 5.69 Å². The fraction of sp³-hybridized carbons (Fsp3) is 0.0370. The summed E-state index contributed by atoms with van der Waals surface area (Å²) in [5, 5.41) is 5.31. The number of hydrogen-bond acceptors (Lipinski definition) is 4. The van der Waals surface area contributed by atoms with Crippen LogP contribution in [0, 0.1) is 0 Å². The molecule has 1 N–H and O–H groups in total. The summed E-state index contributed by atoms with van der Waals surface area (Å²) >= 11 is 0. The van der Waals surface area contributed by atoms with E-state index < -0.39 is 5.54 Å². The van der Waals surface area contributed by atoms with Crippen LogP contribution < -0.4 is 5.32 Å². The molecule has 0 unspecified atom stereocenters. The van der Waals surface area contributed by atoms with E-state index in [9.17, 15) is 9.59 Å². The van der Waals surface area contributed by atoms with Crippen molar-refractivity contribution in [3.63, 3.8) is 0 Å². The third-order valence-electron chi connectivity index (χ3n) is 6.01. The summed E-state index contributed by atoms with van der Waals surface area (Å²) in [5.74, 6) is -0.493. The van der Waals surface area contributed by atoms with E-state index in [1.165, 1.54) is 0 Å². The van der Waals surface area contributed by atoms with E-state index >= 15 is 0 Å². The number of nitrogens with one attached hydrogen (secondary N) is 1. The monoisotopic (exact) mass is 403 g/mol. The number of hydrogen-bond donors (Lipinski definition) is 1. The summed E-state index contributed by atoms with van der Waals surface area (Å²) < 4.78 is 6.00. The Balaban J connectivity index is 1.53. The maximum absolute atomic E-state index is 13.6. The minimum Gasteiger partial charge on any atom is -0.456 e. The van der Waals surface area contributed by atoms with Crippen molar-refractivity contribution in [1.82, 2.24) is 0 Å². The van der Waals surface area contributed by atoms with Gasteiger partial charge in [-0.15, -0.1) is 0 Å². The number of benzene rings is 4. The van der Waals surface area contributed by atoms with Crippen molar-refractivity contribution in [3.05, 3.63) is 114 Å². The molecule has 4 aromatic carbocycles. The van der Waals surface area contributed by atoms with Crippen molar-refractivity contribution < 1.29 is 14.0 Å². The second kappa shape index (κ2) is 6.41. The summed E-state index contributed by atoms with van der Waals surface area (Å²) in [6.45, 7) is 0. The van der Waals surface area contributed by atoms with Gasteiger partial charge in [0.2, 0.25) is 11.6 Å². The fourth-order valence-electron chi connectivity index (χ4n) is 4.54. The predicted molar refractivity (Wildman–Crippen MR) is 121 cm³/mol. The van der Waals surface area contributed by atoms with E-state index in [1.54, 1.807) is 24.3 Å². The first-order valence-electron chi connectivity index (χ1n) is 10.1. The molecule has 0 spiro atoms. The molecular weight excluding hydrogens is 386 g/mol. The maximum atomic E-state index is 13.6. The maximum Gasteiger partial charge on any atom is 0.201 e. The van der Waals surface area contributed by atoms with Gasteiger partial charge in [-0.1, -0.05) is 72.8 Å². The summed E-state index contributed by atoms with van der Waals surface area (Å²) in [6.07, 6.45) is 0. The zero-order valence-corrected chi connectivity index (χ0v) is 16.5. The van der Waals surface area contributed by atoms with Gasteiger partial charge in [-0.3, -0.25) is 9.59 Å². The zero-order valence-electron chi connectivity index (χ0n) is 16.5. The number of carbonyl (C=O) groups excluding carboxylic acids is 2. The van der Waals surface area contributed by atoms with Crippen molar-refractivity contribution in [3.8, 4) is 0 Å². The normalized spacial score (nSPS) is 14.8. The molecule has 0 atom stereocenters. The molecule has 1 aromatic heterocycles. The van der Waals surface area contributed by atoms with Crippen molar-refractivity contribution in [2.75, 3.05) is 5.32 Å². The van der Waals surface area contributed by atoms with Gasteiger partial charge in [0.05, 0.1) is 0 Å². The lowest BCUT2D eigenvalue weighted by molar-refractivity contribution is 0.0819. The first-order valence-corrected chi connectivity index (χ1v) is 10.1. The predicted octanol–water partition coefficient (Wildman–Crippen LogP) is 5.97. The number of anilines is 1. The SMILES string of the molecule is O=C1c2ccccc2C(=O)C1(Nc1ccc2c(c1)oc1ccccc12)c1ccccc1. The van der Waals surface area contributed by atoms with Crippen LogP contribution in [-0.2, 0) is 5.54 Å². The van der Waals surface area contributed by atoms with Gasteiger partial charge < -0.3 is 9.73 Å². The second-order valence-electron chi connectivity index (χ2n) is 7.75. The summed E-state index contributed by atoms with van der Waals surface area (Å²) in [6, 6.07) is 29.7. The van der Waals surface area contributed by atoms with Gasteiger partial charge in [-0.05, 0) is 23.8 Å². The van der Waals surface area contributed by atoms with Gasteiger partial charge in [0, 0.05) is 33.7 Å². The summed E-state index contributed by atoms with van der Waals surface area (Å²) in [5.41, 5.74) is 2.13. The van der Waals surface area contributed by atoms with E-state index in [1.807, 2.05) is 72.8 Å². The quantitative estimate of drug-likeness (QED) is 0.377. The van der Waals surface area contributed by atoms with Gasteiger partial charge in [-0.25, -0.2) is 0 Å². The molecule has 148 valence electrons. The van der Waals surface area contributed by atoms with Crippen molar-refractivity contribution in [1.29, 1.82) is 0 Å². The zero-order chi connectivity index (χ0) is 21.0. The molecule has 4 heteroatoms. The van der Waals surface area contributed by atoms with Crippen LogP contribution in [0.1, 0.15) is 26.3 Å². The van der Waals surface area contributed by atoms with Crippen molar-refractivity contribution in [2.45, 2.75) is 5.54 Å². The number of fused-ring (bicyclic) bond motifs is 4. The van der Waals surface area contributed by atoms with Crippen molar-refractivity contribution in [2.24, 2.45) is 0 Å². The van der Waals surface area contributed by atoms with Gasteiger partial charge in [-0.2, -0.15) is 0 Å². The van der Waals surface area contributed by atoms with E-state index in [0.717, 1.165) is 16.4 Å². The number of para-hydroxylation sites is 1. The Labute approximate surface area is 178 Å². The van der Waals surface area contributed by atoms with Crippen LogP contribution in [0.3, 0.4) is 0 Å². The second-order valence-corrected chi connectivity index (χ2v) is 7.75. The van der Waals surface area contributed by atoms with Crippen LogP contribution in [0.2, 0.25) is 0 Å². The standard InChI is InChI=1S/C27H17NO3/c29-25-21-11-4-5-12-22(21)26(30)27(25,17-8-2-1-3-9-17)28-18-14-15-20-19-10-6-7-13-23(19)31-24(20)16-18/h1-16,28H. The average Bonchev–Trinajstić information content (AvgIpc) is 3.29. The highest BCUT2D eigenvalue weighted by Crippen LogP contribution is 2.41. The molecule has 0 saturated heterocycles. The van der Waals surface area contributed by atoms with E-state index in [0.29, 0.717) is 28.0 Å². The Kier molecular flexibility index (Phi) is 3.65. The lowest BCUT2D eigenvalue weighted by Gasteiger charge is -2.29. The minimum atomic E-state index is -1.51. The molecular formula is C27H17NO3. The molecule has 1 aliphatic carbocycles. The lowest BCUT2D eigenvalue weighted by atomic mass is 9.84. The highest BCUT2D eigenvalue weighted by molar-refractivity contribution is 6.34. The Hall–Kier alpha value is -4.18. The fourth-order valence-corrected chi connectivity index (χ4v) is 4.54. The molecule has 5 aromatic rings. The molecule has 0 fully saturated rings. The number of Topliss-reactive ketones (excluding diaryl/α,β-unsaturated/α-hetero) is 2. The molecule has 1 aliphatic rings. The largest absolute Gasteiger partial charge is 0.456 e. The topological polar surface area (TPSA) is 59.3 Å². The van der Waals surface area contributed by atoms with Crippen LogP contribution in [-0.4, -0.2) is 11.6 Å². The molecule has 1 heterocycles. The molecule has 4 nitrogen and oxygen atoms in total. The lowest BCUT2D eigenvalue weighted by Crippen LogP contribution is -2.46. The minimum absolute atomic E-state index is 0.246. The Bertz CT molecular complexity index is 1460. The van der Waals surface area contributed by atoms with E-state index in [2.05, 4.69) is 5.32 Å². The number of carbonyl (C=O) groups is 2. The van der Waals surface area contributed by atoms with Crippen LogP contribution in [0.5, 0.6) is 0 Å². The highest BCUT2D eigenvalue weighted by Gasteiger charge is 2.54. The third kappa shape index (κ3) is 2.42. The summed E-state index contributed by atoms with van der Waals surface area (Å²) in [7, 11) is 0. The van der Waals surface area contributed by atoms with E-state index in [-0.39, 0.29) is 11.6 Å². The van der Waals surface area contributed by atoms with Gasteiger partial charge in [0.1, 0.15) is 11.2 Å². The van der Waals surface area contributed by atoms with Gasteiger partial charge in [0.25, 0.3) is 0 Å². The smallest absolute Gasteiger partial charge is 0.201 e.